The van der Waals surface area contributed by atoms with Gasteiger partial charge in [0.05, 0.1) is 0 Å². The van der Waals surface area contributed by atoms with E-state index in [0.717, 1.165) is 148 Å². The summed E-state index contributed by atoms with van der Waals surface area (Å²) in [5.74, 6) is -1.00. The second-order valence-corrected chi connectivity index (χ2v) is 20.2. The largest absolute Gasteiger partial charge is 0.462 e. The lowest BCUT2D eigenvalue weighted by atomic mass is 10.1. The fourth-order valence-corrected chi connectivity index (χ4v) is 8.04. The standard InChI is InChI=1S/C72H114O6/c1-4-7-10-13-16-19-22-25-27-29-31-32-33-34-35-36-37-38-39-40-41-43-44-47-50-53-56-59-62-65-71(74)77-68-69(67-76-70(73)64-61-58-55-52-49-46-24-21-18-15-12-9-6-3)78-72(75)66-63-60-57-54-51-48-45-42-30-28-26-23-20-17-14-11-8-5-2/h7,10,12,15-16,19-21,23-25,27-28,30-32,34-35,37-38,40-41,44,47,53,56,69H,4-6,8-9,11,13-14,17-18,22,26,29,33,36,39,42-43,45-46,48-52,54-55,57-68H2,1-3H3/b10-7-,15-12-,19-16-,23-20-,24-21-,27-25-,30-28-,32-31-,35-34-,38-37-,41-40-,47-44-,56-53-. The molecule has 0 radical (unpaired) electrons. The Hall–Kier alpha value is -4.97. The molecule has 438 valence electrons. The molecule has 0 N–H and O–H groups in total. The SMILES string of the molecule is CC/C=C\C/C=C\C/C=C\C/C=C\C/C=C\C/C=C\C/C=C\C/C=C\C/C=C\CCCC(=O)OCC(COC(=O)CCCCCCC/C=C\C/C=C\CCC)OC(=O)CCCCCCCCC/C=C\C/C=C\CCCCCC. The van der Waals surface area contributed by atoms with Gasteiger partial charge in [0.15, 0.2) is 6.10 Å². The first-order chi connectivity index (χ1) is 38.5. The highest BCUT2D eigenvalue weighted by atomic mass is 16.6. The fourth-order valence-electron chi connectivity index (χ4n) is 8.04. The molecule has 0 aliphatic heterocycles. The van der Waals surface area contributed by atoms with Crippen LogP contribution in [0.4, 0.5) is 0 Å². The maximum atomic E-state index is 12.9. The zero-order valence-corrected chi connectivity index (χ0v) is 50.1. The summed E-state index contributed by atoms with van der Waals surface area (Å²) in [5.41, 5.74) is 0. The molecular weight excluding hydrogens is 961 g/mol. The second-order valence-electron chi connectivity index (χ2n) is 20.2. The predicted molar refractivity (Wildman–Crippen MR) is 338 cm³/mol. The summed E-state index contributed by atoms with van der Waals surface area (Å²) < 4.78 is 16.8. The van der Waals surface area contributed by atoms with Gasteiger partial charge < -0.3 is 14.2 Å². The third-order valence-electron chi connectivity index (χ3n) is 12.7. The number of hydrogen-bond acceptors (Lipinski definition) is 6. The third kappa shape index (κ3) is 61.9. The number of allylic oxidation sites excluding steroid dienone is 26. The van der Waals surface area contributed by atoms with E-state index in [9.17, 15) is 14.4 Å². The van der Waals surface area contributed by atoms with Gasteiger partial charge in [0.1, 0.15) is 13.2 Å². The smallest absolute Gasteiger partial charge is 0.306 e. The quantitative estimate of drug-likeness (QED) is 0.0261. The normalized spacial score (nSPS) is 13.2. The molecule has 1 atom stereocenters. The summed E-state index contributed by atoms with van der Waals surface area (Å²) in [7, 11) is 0. The molecule has 0 fully saturated rings. The van der Waals surface area contributed by atoms with Crippen LogP contribution in [-0.4, -0.2) is 37.2 Å². The zero-order valence-electron chi connectivity index (χ0n) is 50.1. The lowest BCUT2D eigenvalue weighted by Gasteiger charge is -2.18. The van der Waals surface area contributed by atoms with Gasteiger partial charge in [-0.3, -0.25) is 14.4 Å². The molecule has 0 spiro atoms. The predicted octanol–water partition coefficient (Wildman–Crippen LogP) is 21.7. The second kappa shape index (κ2) is 64.6. The summed E-state index contributed by atoms with van der Waals surface area (Å²) in [6, 6.07) is 0. The Morgan fingerprint density at radius 1 is 0.269 bits per heavy atom. The molecule has 0 aliphatic carbocycles. The Labute approximate surface area is 480 Å². The number of esters is 3. The van der Waals surface area contributed by atoms with E-state index in [1.807, 2.05) is 0 Å². The number of ether oxygens (including phenoxy) is 3. The van der Waals surface area contributed by atoms with Crippen molar-refractivity contribution in [2.45, 2.75) is 264 Å². The Bertz CT molecular complexity index is 1760. The van der Waals surface area contributed by atoms with Gasteiger partial charge in [0.25, 0.3) is 0 Å². The van der Waals surface area contributed by atoms with E-state index in [2.05, 4.69) is 179 Å². The number of unbranched alkanes of at least 4 members (excludes halogenated alkanes) is 18. The molecule has 0 heterocycles. The minimum Gasteiger partial charge on any atom is -0.462 e. The topological polar surface area (TPSA) is 78.9 Å². The highest BCUT2D eigenvalue weighted by Crippen LogP contribution is 2.14. The van der Waals surface area contributed by atoms with Gasteiger partial charge in [-0.25, -0.2) is 0 Å². The molecule has 78 heavy (non-hydrogen) atoms. The molecule has 1 unspecified atom stereocenters. The van der Waals surface area contributed by atoms with Crippen molar-refractivity contribution in [1.29, 1.82) is 0 Å². The van der Waals surface area contributed by atoms with E-state index in [-0.39, 0.29) is 37.5 Å². The minimum absolute atomic E-state index is 0.113. The molecule has 0 aromatic carbocycles. The van der Waals surface area contributed by atoms with Crippen molar-refractivity contribution in [2.24, 2.45) is 0 Å². The van der Waals surface area contributed by atoms with Gasteiger partial charge in [0, 0.05) is 19.3 Å². The zero-order chi connectivity index (χ0) is 56.4. The number of carbonyl (C=O) groups is 3. The van der Waals surface area contributed by atoms with Crippen LogP contribution < -0.4 is 0 Å². The molecule has 6 heteroatoms. The monoisotopic (exact) mass is 1070 g/mol. The van der Waals surface area contributed by atoms with Gasteiger partial charge in [-0.1, -0.05) is 256 Å². The van der Waals surface area contributed by atoms with Gasteiger partial charge in [-0.15, -0.1) is 0 Å². The first-order valence-electron chi connectivity index (χ1n) is 31.5. The van der Waals surface area contributed by atoms with Gasteiger partial charge in [-0.05, 0) is 141 Å². The van der Waals surface area contributed by atoms with Gasteiger partial charge in [0.2, 0.25) is 0 Å². The number of hydrogen-bond donors (Lipinski definition) is 0. The van der Waals surface area contributed by atoms with Crippen molar-refractivity contribution in [1.82, 2.24) is 0 Å². The van der Waals surface area contributed by atoms with Crippen molar-refractivity contribution in [3.05, 3.63) is 158 Å². The van der Waals surface area contributed by atoms with Crippen molar-refractivity contribution < 1.29 is 28.6 Å². The highest BCUT2D eigenvalue weighted by molar-refractivity contribution is 5.71. The van der Waals surface area contributed by atoms with E-state index in [1.165, 1.54) is 64.2 Å². The Kier molecular flexibility index (Phi) is 60.4. The van der Waals surface area contributed by atoms with Crippen LogP contribution in [0.25, 0.3) is 0 Å². The molecule has 0 rings (SSSR count). The first kappa shape index (κ1) is 73.0. The maximum Gasteiger partial charge on any atom is 0.306 e. The van der Waals surface area contributed by atoms with Crippen LogP contribution in [0.5, 0.6) is 0 Å². The van der Waals surface area contributed by atoms with Crippen LogP contribution in [0.15, 0.2) is 158 Å². The Balaban J connectivity index is 4.48. The van der Waals surface area contributed by atoms with Crippen LogP contribution in [-0.2, 0) is 28.6 Å². The van der Waals surface area contributed by atoms with Gasteiger partial charge >= 0.3 is 17.9 Å². The Morgan fingerprint density at radius 2 is 0.538 bits per heavy atom. The van der Waals surface area contributed by atoms with Crippen LogP contribution >= 0.6 is 0 Å². The van der Waals surface area contributed by atoms with Crippen LogP contribution in [0.3, 0.4) is 0 Å². The van der Waals surface area contributed by atoms with Gasteiger partial charge in [-0.2, -0.15) is 0 Å². The van der Waals surface area contributed by atoms with E-state index in [1.54, 1.807) is 0 Å². The first-order valence-corrected chi connectivity index (χ1v) is 31.5. The molecule has 6 nitrogen and oxygen atoms in total. The highest BCUT2D eigenvalue weighted by Gasteiger charge is 2.19. The average Bonchev–Trinajstić information content (AvgIpc) is 3.44. The Morgan fingerprint density at radius 3 is 0.885 bits per heavy atom. The van der Waals surface area contributed by atoms with E-state index < -0.39 is 6.10 Å². The molecule has 0 amide bonds. The van der Waals surface area contributed by atoms with Crippen LogP contribution in [0, 0.1) is 0 Å². The van der Waals surface area contributed by atoms with Crippen LogP contribution in [0.1, 0.15) is 258 Å². The van der Waals surface area contributed by atoms with Crippen molar-refractivity contribution >= 4 is 17.9 Å². The fraction of sp³-hybridized carbons (Fsp3) is 0.597. The van der Waals surface area contributed by atoms with Crippen LogP contribution in [0.2, 0.25) is 0 Å². The lowest BCUT2D eigenvalue weighted by molar-refractivity contribution is -0.167. The third-order valence-corrected chi connectivity index (χ3v) is 12.7. The molecular formula is C72H114O6. The average molecular weight is 1080 g/mol. The maximum absolute atomic E-state index is 12.9. The molecule has 0 aliphatic rings. The molecule has 0 bridgehead atoms. The van der Waals surface area contributed by atoms with Crippen molar-refractivity contribution in [3.8, 4) is 0 Å². The lowest BCUT2D eigenvalue weighted by Crippen LogP contribution is -2.30. The number of carbonyl (C=O) groups excluding carboxylic acids is 3. The summed E-state index contributed by atoms with van der Waals surface area (Å²) in [5, 5.41) is 0. The molecule has 0 saturated heterocycles. The van der Waals surface area contributed by atoms with Crippen molar-refractivity contribution in [2.75, 3.05) is 13.2 Å². The minimum atomic E-state index is -0.820. The van der Waals surface area contributed by atoms with E-state index in [0.29, 0.717) is 19.3 Å². The van der Waals surface area contributed by atoms with E-state index >= 15 is 0 Å². The molecule has 0 saturated carbocycles. The summed E-state index contributed by atoms with van der Waals surface area (Å²) in [4.78, 5) is 38.2. The van der Waals surface area contributed by atoms with E-state index in [4.69, 9.17) is 14.2 Å². The number of rotatable bonds is 55. The summed E-state index contributed by atoms with van der Waals surface area (Å²) in [6.07, 6.45) is 93.9. The molecule has 0 aromatic heterocycles. The summed E-state index contributed by atoms with van der Waals surface area (Å²) in [6.45, 7) is 6.37. The summed E-state index contributed by atoms with van der Waals surface area (Å²) >= 11 is 0. The van der Waals surface area contributed by atoms with Crippen molar-refractivity contribution in [3.63, 3.8) is 0 Å². The molecule has 0 aromatic rings.